The van der Waals surface area contributed by atoms with Crippen molar-refractivity contribution < 1.29 is 18.1 Å². The minimum atomic E-state index is -3.19. The maximum absolute atomic E-state index is 12.1. The number of carbonyl (C=O) groups is 1. The van der Waals surface area contributed by atoms with Gasteiger partial charge >= 0.3 is 8.80 Å². The summed E-state index contributed by atoms with van der Waals surface area (Å²) in [6.07, 6.45) is 1.65. The van der Waals surface area contributed by atoms with Crippen LogP contribution in [0.3, 0.4) is 0 Å². The standard InChI is InChI=1S/C8H18N2O4Si/c1-12-15(13-2,14-3)8(11)7-5-4-6-10(7)9/h7H,4-6,9H2,1-3H3/t7-/m0/s1. The first-order valence-electron chi connectivity index (χ1n) is 4.82. The molecule has 1 rings (SSSR count). The lowest BCUT2D eigenvalue weighted by molar-refractivity contribution is -0.122. The number of rotatable bonds is 5. The zero-order valence-corrected chi connectivity index (χ0v) is 10.4. The summed E-state index contributed by atoms with van der Waals surface area (Å²) in [6, 6.07) is -0.337. The second kappa shape index (κ2) is 5.15. The first-order valence-corrected chi connectivity index (χ1v) is 6.55. The fraction of sp³-hybridized carbons (Fsp3) is 0.875. The van der Waals surface area contributed by atoms with E-state index in [-0.39, 0.29) is 11.4 Å². The monoisotopic (exact) mass is 234 g/mol. The third-order valence-corrected chi connectivity index (χ3v) is 5.25. The summed E-state index contributed by atoms with van der Waals surface area (Å²) in [7, 11) is 1.08. The van der Waals surface area contributed by atoms with Gasteiger partial charge in [0.25, 0.3) is 0 Å². The predicted molar refractivity (Wildman–Crippen MR) is 55.7 cm³/mol. The van der Waals surface area contributed by atoms with Gasteiger partial charge in [0.05, 0.1) is 6.04 Å². The van der Waals surface area contributed by atoms with E-state index < -0.39 is 8.80 Å². The summed E-state index contributed by atoms with van der Waals surface area (Å²) >= 11 is 0. The van der Waals surface area contributed by atoms with Crippen LogP contribution in [0.15, 0.2) is 0 Å². The second-order valence-corrected chi connectivity index (χ2v) is 6.26. The lowest BCUT2D eigenvalue weighted by atomic mass is 10.2. The van der Waals surface area contributed by atoms with Crippen LogP contribution in [0.5, 0.6) is 0 Å². The molecular weight excluding hydrogens is 216 g/mol. The summed E-state index contributed by atoms with van der Waals surface area (Å²) in [5, 5.41) is 1.37. The molecule has 0 bridgehead atoms. The second-order valence-electron chi connectivity index (χ2n) is 3.43. The van der Waals surface area contributed by atoms with E-state index in [1.165, 1.54) is 26.3 Å². The number of nitrogens with zero attached hydrogens (tertiary/aromatic N) is 1. The Morgan fingerprint density at radius 3 is 2.20 bits per heavy atom. The van der Waals surface area contributed by atoms with Crippen molar-refractivity contribution >= 4 is 14.2 Å². The smallest absolute Gasteiger partial charge is 0.372 e. The summed E-state index contributed by atoms with van der Waals surface area (Å²) in [6.45, 7) is 0.720. The van der Waals surface area contributed by atoms with Crippen LogP contribution < -0.4 is 5.84 Å². The van der Waals surface area contributed by atoms with Crippen LogP contribution in [-0.2, 0) is 18.1 Å². The molecule has 0 aromatic carbocycles. The van der Waals surface area contributed by atoms with E-state index in [0.29, 0.717) is 0 Å². The number of carbonyl (C=O) groups excluding carboxylic acids is 1. The van der Waals surface area contributed by atoms with Crippen LogP contribution in [0.4, 0.5) is 0 Å². The highest BCUT2D eigenvalue weighted by atomic mass is 28.4. The van der Waals surface area contributed by atoms with Crippen molar-refractivity contribution in [2.24, 2.45) is 5.84 Å². The van der Waals surface area contributed by atoms with Crippen LogP contribution in [0, 0.1) is 0 Å². The molecule has 88 valence electrons. The highest BCUT2D eigenvalue weighted by Gasteiger charge is 2.52. The molecule has 0 radical (unpaired) electrons. The molecule has 15 heavy (non-hydrogen) atoms. The molecular formula is C8H18N2O4Si. The van der Waals surface area contributed by atoms with Crippen molar-refractivity contribution in [1.82, 2.24) is 5.01 Å². The first-order chi connectivity index (χ1) is 7.11. The topological polar surface area (TPSA) is 74.0 Å². The van der Waals surface area contributed by atoms with Gasteiger partial charge in [0, 0.05) is 27.9 Å². The normalized spacial score (nSPS) is 23.3. The van der Waals surface area contributed by atoms with Gasteiger partial charge in [0.2, 0.25) is 5.41 Å². The molecule has 0 saturated carbocycles. The Hall–Kier alpha value is -0.313. The molecule has 6 nitrogen and oxygen atoms in total. The van der Waals surface area contributed by atoms with E-state index in [1.807, 2.05) is 0 Å². The molecule has 1 aliphatic heterocycles. The summed E-state index contributed by atoms with van der Waals surface area (Å²) in [4.78, 5) is 12.1. The molecule has 0 aliphatic carbocycles. The quantitative estimate of drug-likeness (QED) is 0.501. The van der Waals surface area contributed by atoms with Gasteiger partial charge in [0.1, 0.15) is 0 Å². The maximum atomic E-state index is 12.1. The van der Waals surface area contributed by atoms with Gasteiger partial charge in [-0.05, 0) is 12.8 Å². The molecule has 1 fully saturated rings. The van der Waals surface area contributed by atoms with Crippen molar-refractivity contribution in [1.29, 1.82) is 0 Å². The third kappa shape index (κ3) is 2.27. The largest absolute Gasteiger partial charge is 0.575 e. The molecule has 2 N–H and O–H groups in total. The number of hydrogen-bond donors (Lipinski definition) is 1. The Balaban J connectivity index is 2.80. The summed E-state index contributed by atoms with van der Waals surface area (Å²) < 4.78 is 15.4. The average Bonchev–Trinajstić information content (AvgIpc) is 2.67. The van der Waals surface area contributed by atoms with Gasteiger partial charge in [-0.1, -0.05) is 0 Å². The Morgan fingerprint density at radius 1 is 1.33 bits per heavy atom. The zero-order chi connectivity index (χ0) is 11.5. The van der Waals surface area contributed by atoms with Gasteiger partial charge in [-0.25, -0.2) is 5.01 Å². The molecule has 1 atom stereocenters. The fourth-order valence-electron chi connectivity index (χ4n) is 1.83. The highest BCUT2D eigenvalue weighted by Crippen LogP contribution is 2.20. The van der Waals surface area contributed by atoms with Crippen LogP contribution in [0.1, 0.15) is 12.8 Å². The Labute approximate surface area is 90.6 Å². The minimum Gasteiger partial charge on any atom is -0.372 e. The Morgan fingerprint density at radius 2 is 1.87 bits per heavy atom. The number of hydrazine groups is 1. The highest BCUT2D eigenvalue weighted by molar-refractivity contribution is 6.93. The maximum Gasteiger partial charge on any atom is 0.575 e. The van der Waals surface area contributed by atoms with Crippen molar-refractivity contribution in [3.05, 3.63) is 0 Å². The van der Waals surface area contributed by atoms with E-state index in [0.717, 1.165) is 19.4 Å². The summed E-state index contributed by atoms with van der Waals surface area (Å²) in [5.41, 5.74) is 0. The molecule has 0 aromatic heterocycles. The van der Waals surface area contributed by atoms with Crippen LogP contribution in [0.2, 0.25) is 0 Å². The van der Waals surface area contributed by atoms with Gasteiger partial charge in [-0.3, -0.25) is 10.6 Å². The molecule has 1 aliphatic rings. The molecule has 1 saturated heterocycles. The van der Waals surface area contributed by atoms with E-state index in [9.17, 15) is 4.79 Å². The lowest BCUT2D eigenvalue weighted by Crippen LogP contribution is -2.59. The van der Waals surface area contributed by atoms with Gasteiger partial charge < -0.3 is 13.3 Å². The van der Waals surface area contributed by atoms with Crippen molar-refractivity contribution in [3.8, 4) is 0 Å². The Kier molecular flexibility index (Phi) is 4.38. The van der Waals surface area contributed by atoms with Crippen LogP contribution in [0.25, 0.3) is 0 Å². The van der Waals surface area contributed by atoms with E-state index in [2.05, 4.69) is 0 Å². The van der Waals surface area contributed by atoms with E-state index in [4.69, 9.17) is 19.1 Å². The zero-order valence-electron chi connectivity index (χ0n) is 9.36. The van der Waals surface area contributed by atoms with Gasteiger partial charge in [0.15, 0.2) is 0 Å². The van der Waals surface area contributed by atoms with Gasteiger partial charge in [-0.2, -0.15) is 0 Å². The number of hydrogen-bond acceptors (Lipinski definition) is 6. The third-order valence-electron chi connectivity index (χ3n) is 2.70. The van der Waals surface area contributed by atoms with E-state index in [1.54, 1.807) is 0 Å². The molecule has 0 spiro atoms. The SMILES string of the molecule is CO[Si](OC)(OC)C(=O)[C@@H]1CCCN1N. The van der Waals surface area contributed by atoms with Crippen LogP contribution in [-0.4, -0.2) is 53.1 Å². The molecule has 0 amide bonds. The summed E-state index contributed by atoms with van der Waals surface area (Å²) in [5.74, 6) is 5.71. The lowest BCUT2D eigenvalue weighted by Gasteiger charge is -2.27. The predicted octanol–water partition coefficient (Wildman–Crippen LogP) is -0.689. The Bertz CT molecular complexity index is 226. The van der Waals surface area contributed by atoms with Crippen molar-refractivity contribution in [2.75, 3.05) is 27.9 Å². The molecule has 0 aromatic rings. The molecule has 1 heterocycles. The fourth-order valence-corrected chi connectivity index (χ4v) is 3.65. The number of nitrogens with two attached hydrogens (primary N) is 1. The van der Waals surface area contributed by atoms with Crippen molar-refractivity contribution in [3.63, 3.8) is 0 Å². The molecule has 0 unspecified atom stereocenters. The average molecular weight is 234 g/mol. The van der Waals surface area contributed by atoms with Gasteiger partial charge in [-0.15, -0.1) is 0 Å². The minimum absolute atomic E-state index is 0.157. The first kappa shape index (κ1) is 12.8. The van der Waals surface area contributed by atoms with E-state index >= 15 is 0 Å². The van der Waals surface area contributed by atoms with Crippen molar-refractivity contribution in [2.45, 2.75) is 18.9 Å². The molecule has 7 heteroatoms. The van der Waals surface area contributed by atoms with Crippen LogP contribution >= 0.6 is 0 Å².